The Hall–Kier alpha value is -3.79. The van der Waals surface area contributed by atoms with Gasteiger partial charge in [0.25, 0.3) is 0 Å². The number of nitrogens with one attached hydrogen (secondary N) is 2. The summed E-state index contributed by atoms with van der Waals surface area (Å²) in [6.07, 6.45) is -0.280. The maximum Gasteiger partial charge on any atom is 0.340 e. The molecule has 3 aromatic rings. The highest BCUT2D eigenvalue weighted by Crippen LogP contribution is 2.29. The lowest BCUT2D eigenvalue weighted by atomic mass is 10.0. The molecule has 1 heterocycles. The molecule has 1 aromatic heterocycles. The molecule has 2 amide bonds. The van der Waals surface area contributed by atoms with Crippen LogP contribution in [0.1, 0.15) is 22.3 Å². The van der Waals surface area contributed by atoms with Gasteiger partial charge in [-0.15, -0.1) is 0 Å². The Morgan fingerprint density at radius 1 is 1.06 bits per heavy atom. The zero-order valence-corrected chi connectivity index (χ0v) is 21.1. The van der Waals surface area contributed by atoms with Crippen LogP contribution >= 0.6 is 11.8 Å². The fourth-order valence-corrected chi connectivity index (χ4v) is 4.69. The van der Waals surface area contributed by atoms with Crippen LogP contribution in [0.2, 0.25) is 0 Å². The van der Waals surface area contributed by atoms with Gasteiger partial charge in [-0.25, -0.2) is 9.59 Å². The first-order valence-corrected chi connectivity index (χ1v) is 12.4. The van der Waals surface area contributed by atoms with Crippen molar-refractivity contribution in [3.63, 3.8) is 0 Å². The average molecular weight is 513 g/mol. The number of aliphatic carboxylic acids is 1. The van der Waals surface area contributed by atoms with Crippen LogP contribution in [0.5, 0.6) is 5.75 Å². The van der Waals surface area contributed by atoms with E-state index in [1.807, 2.05) is 30.3 Å². The van der Waals surface area contributed by atoms with Gasteiger partial charge in [-0.3, -0.25) is 9.59 Å². The predicted molar refractivity (Wildman–Crippen MR) is 137 cm³/mol. The Balaban J connectivity index is 1.56. The van der Waals surface area contributed by atoms with E-state index >= 15 is 0 Å². The van der Waals surface area contributed by atoms with E-state index in [0.29, 0.717) is 33.6 Å². The number of carboxylic acid groups (broad SMARTS) is 1. The topological polar surface area (TPSA) is 135 Å². The Kier molecular flexibility index (Phi) is 9.13. The van der Waals surface area contributed by atoms with Gasteiger partial charge in [-0.1, -0.05) is 30.3 Å². The second-order valence-electron chi connectivity index (χ2n) is 8.18. The van der Waals surface area contributed by atoms with E-state index in [2.05, 4.69) is 10.6 Å². The molecule has 3 rings (SSSR count). The van der Waals surface area contributed by atoms with Gasteiger partial charge in [-0.05, 0) is 37.1 Å². The number of methoxy groups -OCH3 is 1. The number of carboxylic acids is 1. The van der Waals surface area contributed by atoms with Gasteiger partial charge in [-0.2, -0.15) is 11.8 Å². The van der Waals surface area contributed by atoms with Crippen LogP contribution in [0, 0.1) is 13.8 Å². The van der Waals surface area contributed by atoms with Crippen molar-refractivity contribution in [2.45, 2.75) is 32.1 Å². The van der Waals surface area contributed by atoms with Gasteiger partial charge in [0, 0.05) is 22.5 Å². The number of carbonyl (C=O) groups excluding carboxylic acids is 2. The Bertz CT molecular complexity index is 1320. The van der Waals surface area contributed by atoms with Crippen molar-refractivity contribution < 1.29 is 28.6 Å². The second-order valence-corrected chi connectivity index (χ2v) is 9.21. The van der Waals surface area contributed by atoms with E-state index in [1.165, 1.54) is 18.9 Å². The van der Waals surface area contributed by atoms with Crippen LogP contribution < -0.4 is 21.0 Å². The maximum absolute atomic E-state index is 12.6. The number of fused-ring (bicyclic) bond motifs is 1. The van der Waals surface area contributed by atoms with Crippen LogP contribution in [0.15, 0.2) is 51.7 Å². The Morgan fingerprint density at radius 2 is 1.78 bits per heavy atom. The van der Waals surface area contributed by atoms with Gasteiger partial charge in [0.1, 0.15) is 17.4 Å². The smallest absolute Gasteiger partial charge is 0.340 e. The van der Waals surface area contributed by atoms with E-state index < -0.39 is 36.0 Å². The molecule has 0 bridgehead atoms. The highest BCUT2D eigenvalue weighted by atomic mass is 32.2. The second kappa shape index (κ2) is 12.3. The first kappa shape index (κ1) is 26.8. The van der Waals surface area contributed by atoms with E-state index in [9.17, 15) is 24.3 Å². The van der Waals surface area contributed by atoms with E-state index in [1.54, 1.807) is 26.0 Å². The number of rotatable bonds is 11. The minimum atomic E-state index is -1.16. The SMILES string of the molecule is COc1ccc2c(C)c(CC(=O)NCC(=O)N[C@@H](CSCc3ccccc3)C(=O)O)c(=O)oc2c1C. The summed E-state index contributed by atoms with van der Waals surface area (Å²) in [5.74, 6) is -0.995. The lowest BCUT2D eigenvalue weighted by Gasteiger charge is -2.15. The zero-order valence-electron chi connectivity index (χ0n) is 20.3. The van der Waals surface area contributed by atoms with Crippen LogP contribution in [-0.4, -0.2) is 48.3 Å². The molecular weight excluding hydrogens is 484 g/mol. The van der Waals surface area contributed by atoms with E-state index in [0.717, 1.165) is 5.56 Å². The van der Waals surface area contributed by atoms with Crippen LogP contribution in [0.25, 0.3) is 11.0 Å². The minimum Gasteiger partial charge on any atom is -0.496 e. The number of hydrogen-bond donors (Lipinski definition) is 3. The molecule has 10 heteroatoms. The molecular formula is C26H28N2O7S. The highest BCUT2D eigenvalue weighted by Gasteiger charge is 2.21. The molecule has 0 aliphatic carbocycles. The third kappa shape index (κ3) is 6.66. The molecule has 0 saturated carbocycles. The van der Waals surface area contributed by atoms with E-state index in [-0.39, 0.29) is 17.7 Å². The summed E-state index contributed by atoms with van der Waals surface area (Å²) < 4.78 is 10.7. The molecule has 190 valence electrons. The minimum absolute atomic E-state index is 0.172. The summed E-state index contributed by atoms with van der Waals surface area (Å²) in [5, 5.41) is 15.0. The fraction of sp³-hybridized carbons (Fsp3) is 0.308. The number of benzene rings is 2. The number of ether oxygens (including phenoxy) is 1. The molecule has 0 aliphatic rings. The highest BCUT2D eigenvalue weighted by molar-refractivity contribution is 7.98. The summed E-state index contributed by atoms with van der Waals surface area (Å²) in [6, 6.07) is 12.0. The lowest BCUT2D eigenvalue weighted by Crippen LogP contribution is -2.47. The van der Waals surface area contributed by atoms with Gasteiger partial charge < -0.3 is 24.9 Å². The normalized spacial score (nSPS) is 11.6. The summed E-state index contributed by atoms with van der Waals surface area (Å²) >= 11 is 1.38. The molecule has 0 fully saturated rings. The van der Waals surface area contributed by atoms with Gasteiger partial charge in [0.2, 0.25) is 11.8 Å². The standard InChI is InChI=1S/C26H28N2O7S/c1-15-18-9-10-21(34-3)16(2)24(18)35-26(33)19(15)11-22(29)27-12-23(30)28-20(25(31)32)14-36-13-17-7-5-4-6-8-17/h4-10,20H,11-14H2,1-3H3,(H,27,29)(H,28,30)(H,31,32)/t20-/m0/s1. The van der Waals surface area contributed by atoms with Crippen molar-refractivity contribution in [3.05, 3.63) is 75.1 Å². The van der Waals surface area contributed by atoms with Crippen LogP contribution in [0.4, 0.5) is 0 Å². The average Bonchev–Trinajstić information content (AvgIpc) is 2.86. The van der Waals surface area contributed by atoms with Crippen LogP contribution in [0.3, 0.4) is 0 Å². The van der Waals surface area contributed by atoms with Crippen molar-refractivity contribution in [2.24, 2.45) is 0 Å². The first-order valence-electron chi connectivity index (χ1n) is 11.2. The summed E-state index contributed by atoms with van der Waals surface area (Å²) in [4.78, 5) is 48.8. The van der Waals surface area contributed by atoms with Crippen molar-refractivity contribution in [1.29, 1.82) is 0 Å². The number of hydrogen-bond acceptors (Lipinski definition) is 7. The van der Waals surface area contributed by atoms with Gasteiger partial charge in [0.15, 0.2) is 0 Å². The van der Waals surface area contributed by atoms with Crippen LogP contribution in [-0.2, 0) is 26.6 Å². The van der Waals surface area contributed by atoms with E-state index in [4.69, 9.17) is 9.15 Å². The molecule has 1 atom stereocenters. The van der Waals surface area contributed by atoms with Crippen molar-refractivity contribution in [2.75, 3.05) is 19.4 Å². The molecule has 3 N–H and O–H groups in total. The number of aryl methyl sites for hydroxylation is 2. The summed E-state index contributed by atoms with van der Waals surface area (Å²) in [6.45, 7) is 3.09. The molecule has 0 radical (unpaired) electrons. The first-order chi connectivity index (χ1) is 17.2. The Labute approximate surface area is 212 Å². The fourth-order valence-electron chi connectivity index (χ4n) is 3.69. The van der Waals surface area contributed by atoms with Gasteiger partial charge >= 0.3 is 11.6 Å². The number of thioether (sulfide) groups is 1. The van der Waals surface area contributed by atoms with Crippen molar-refractivity contribution in [1.82, 2.24) is 10.6 Å². The third-order valence-electron chi connectivity index (χ3n) is 5.69. The molecule has 0 unspecified atom stereocenters. The molecule has 0 spiro atoms. The van der Waals surface area contributed by atoms with Crippen molar-refractivity contribution >= 4 is 40.5 Å². The molecule has 36 heavy (non-hydrogen) atoms. The summed E-state index contributed by atoms with van der Waals surface area (Å²) in [5.41, 5.74) is 2.27. The quantitative estimate of drug-likeness (QED) is 0.334. The lowest BCUT2D eigenvalue weighted by molar-refractivity contribution is -0.141. The molecule has 0 saturated heterocycles. The molecule has 9 nitrogen and oxygen atoms in total. The van der Waals surface area contributed by atoms with Crippen molar-refractivity contribution in [3.8, 4) is 5.75 Å². The molecule has 2 aromatic carbocycles. The monoisotopic (exact) mass is 512 g/mol. The molecule has 0 aliphatic heterocycles. The third-order valence-corrected chi connectivity index (χ3v) is 6.79. The largest absolute Gasteiger partial charge is 0.496 e. The predicted octanol–water partition coefficient (Wildman–Crippen LogP) is 2.58. The number of carbonyl (C=O) groups is 3. The number of amides is 2. The summed E-state index contributed by atoms with van der Waals surface area (Å²) in [7, 11) is 1.52. The maximum atomic E-state index is 12.6. The zero-order chi connectivity index (χ0) is 26.2. The Morgan fingerprint density at radius 3 is 2.44 bits per heavy atom. The van der Waals surface area contributed by atoms with Gasteiger partial charge in [0.05, 0.1) is 25.6 Å².